The van der Waals surface area contributed by atoms with Gasteiger partial charge < -0.3 is 10.1 Å². The minimum Gasteiger partial charge on any atom is -0.496 e. The fraction of sp³-hybridized carbons (Fsp3) is 0.182. The Morgan fingerprint density at radius 2 is 2.37 bits per heavy atom. The van der Waals surface area contributed by atoms with E-state index in [0.29, 0.717) is 22.4 Å². The number of hydrogen-bond acceptors (Lipinski definition) is 6. The second kappa shape index (κ2) is 5.85. The molecule has 0 aliphatic carbocycles. The summed E-state index contributed by atoms with van der Waals surface area (Å²) >= 11 is 7.06. The smallest absolute Gasteiger partial charge is 0.345 e. The van der Waals surface area contributed by atoms with Crippen molar-refractivity contribution in [2.75, 3.05) is 12.4 Å². The Morgan fingerprint density at radius 3 is 3.00 bits per heavy atom. The molecule has 19 heavy (non-hydrogen) atoms. The van der Waals surface area contributed by atoms with Crippen LogP contribution in [0.1, 0.15) is 5.56 Å². The molecule has 100 valence electrons. The van der Waals surface area contributed by atoms with Crippen LogP contribution >= 0.6 is 22.9 Å². The number of halogens is 1. The molecule has 1 aromatic heterocycles. The number of benzene rings is 1. The first kappa shape index (κ1) is 13.6. The number of ether oxygens (including phenoxy) is 1. The van der Waals surface area contributed by atoms with Gasteiger partial charge in [0.1, 0.15) is 11.9 Å². The molecule has 8 heteroatoms. The predicted molar refractivity (Wildman–Crippen MR) is 74.1 cm³/mol. The van der Waals surface area contributed by atoms with Crippen LogP contribution in [0.15, 0.2) is 24.4 Å². The molecule has 0 unspecified atom stereocenters. The van der Waals surface area contributed by atoms with Crippen LogP contribution in [0, 0.1) is 10.1 Å². The normalized spacial score (nSPS) is 10.2. The lowest BCUT2D eigenvalue weighted by Gasteiger charge is -2.10. The Balaban J connectivity index is 2.12. The molecule has 0 saturated carbocycles. The van der Waals surface area contributed by atoms with E-state index >= 15 is 0 Å². The largest absolute Gasteiger partial charge is 0.496 e. The lowest BCUT2D eigenvalue weighted by atomic mass is 10.2. The first-order chi connectivity index (χ1) is 9.11. The second-order valence-corrected chi connectivity index (χ2v) is 4.95. The van der Waals surface area contributed by atoms with Gasteiger partial charge in [0.25, 0.3) is 0 Å². The van der Waals surface area contributed by atoms with Crippen LogP contribution in [0.2, 0.25) is 5.02 Å². The molecule has 1 aromatic carbocycles. The fourth-order valence-corrected chi connectivity index (χ4v) is 2.36. The van der Waals surface area contributed by atoms with E-state index in [1.54, 1.807) is 25.3 Å². The van der Waals surface area contributed by atoms with Gasteiger partial charge in [-0.05, 0) is 23.5 Å². The zero-order valence-corrected chi connectivity index (χ0v) is 11.5. The lowest BCUT2D eigenvalue weighted by molar-refractivity contribution is -0.380. The first-order valence-electron chi connectivity index (χ1n) is 5.27. The van der Waals surface area contributed by atoms with Gasteiger partial charge in [-0.2, -0.15) is 0 Å². The highest BCUT2D eigenvalue weighted by atomic mass is 35.5. The van der Waals surface area contributed by atoms with Crippen LogP contribution in [-0.2, 0) is 6.54 Å². The molecule has 0 bridgehead atoms. The maximum atomic E-state index is 10.6. The summed E-state index contributed by atoms with van der Waals surface area (Å²) in [6.07, 6.45) is 1.22. The van der Waals surface area contributed by atoms with E-state index in [-0.39, 0.29) is 5.00 Å². The van der Waals surface area contributed by atoms with Crippen molar-refractivity contribution in [1.82, 2.24) is 4.98 Å². The van der Waals surface area contributed by atoms with E-state index < -0.39 is 4.92 Å². The summed E-state index contributed by atoms with van der Waals surface area (Å²) < 4.78 is 5.21. The molecule has 0 saturated heterocycles. The number of anilines is 1. The van der Waals surface area contributed by atoms with E-state index in [4.69, 9.17) is 16.3 Å². The zero-order valence-electron chi connectivity index (χ0n) is 9.92. The molecular weight excluding hydrogens is 290 g/mol. The Labute approximate surface area is 118 Å². The van der Waals surface area contributed by atoms with E-state index in [2.05, 4.69) is 10.3 Å². The van der Waals surface area contributed by atoms with Gasteiger partial charge in [-0.25, -0.2) is 4.98 Å². The molecule has 1 heterocycles. The van der Waals surface area contributed by atoms with E-state index in [9.17, 15) is 10.1 Å². The van der Waals surface area contributed by atoms with Crippen molar-refractivity contribution in [2.45, 2.75) is 6.54 Å². The number of methoxy groups -OCH3 is 1. The SMILES string of the molecule is COc1cccc(Cl)c1CNc1ncc([N+](=O)[O-])s1. The van der Waals surface area contributed by atoms with Gasteiger partial charge in [0.2, 0.25) is 0 Å². The van der Waals surface area contributed by atoms with Gasteiger partial charge in [-0.3, -0.25) is 10.1 Å². The van der Waals surface area contributed by atoms with Crippen LogP contribution in [0.25, 0.3) is 0 Å². The second-order valence-electron chi connectivity index (χ2n) is 3.53. The van der Waals surface area contributed by atoms with Crippen LogP contribution in [0.5, 0.6) is 5.75 Å². The molecule has 2 aromatic rings. The number of nitrogens with one attached hydrogen (secondary N) is 1. The lowest BCUT2D eigenvalue weighted by Crippen LogP contribution is -2.02. The molecular formula is C11H10ClN3O3S. The van der Waals surface area contributed by atoms with E-state index in [1.165, 1.54) is 6.20 Å². The predicted octanol–water partition coefficient (Wildman–Crippen LogP) is 3.33. The summed E-state index contributed by atoms with van der Waals surface area (Å²) in [5.41, 5.74) is 0.782. The van der Waals surface area contributed by atoms with Gasteiger partial charge in [0.15, 0.2) is 5.13 Å². The summed E-state index contributed by atoms with van der Waals surface area (Å²) in [6.45, 7) is 0.382. The molecule has 0 spiro atoms. The third-order valence-electron chi connectivity index (χ3n) is 2.39. The Bertz CT molecular complexity index is 603. The van der Waals surface area contributed by atoms with Crippen LogP contribution in [-0.4, -0.2) is 17.0 Å². The van der Waals surface area contributed by atoms with Crippen molar-refractivity contribution in [1.29, 1.82) is 0 Å². The Hall–Kier alpha value is -1.86. The number of nitrogens with zero attached hydrogens (tertiary/aromatic N) is 2. The number of hydrogen-bond donors (Lipinski definition) is 1. The molecule has 1 N–H and O–H groups in total. The minimum absolute atomic E-state index is 0.00590. The Kier molecular flexibility index (Phi) is 4.18. The van der Waals surface area contributed by atoms with Gasteiger partial charge >= 0.3 is 5.00 Å². The highest BCUT2D eigenvalue weighted by Gasteiger charge is 2.12. The number of nitro groups is 1. The standard InChI is InChI=1S/C11H10ClN3O3S/c1-18-9-4-2-3-8(12)7(9)5-13-11-14-6-10(19-11)15(16)17/h2-4,6H,5H2,1H3,(H,13,14). The zero-order chi connectivity index (χ0) is 13.8. The van der Waals surface area contributed by atoms with Crippen molar-refractivity contribution in [2.24, 2.45) is 0 Å². The maximum absolute atomic E-state index is 10.6. The molecule has 0 radical (unpaired) electrons. The molecule has 0 amide bonds. The van der Waals surface area contributed by atoms with Crippen molar-refractivity contribution in [3.8, 4) is 5.75 Å². The summed E-state index contributed by atoms with van der Waals surface area (Å²) in [7, 11) is 1.56. The van der Waals surface area contributed by atoms with Gasteiger partial charge in [0, 0.05) is 17.1 Å². The molecule has 0 aliphatic heterocycles. The average molecular weight is 300 g/mol. The van der Waals surface area contributed by atoms with Crippen molar-refractivity contribution in [3.05, 3.63) is 45.1 Å². The number of aromatic nitrogens is 1. The van der Waals surface area contributed by atoms with Gasteiger partial charge in [-0.1, -0.05) is 17.7 Å². The minimum atomic E-state index is -0.473. The van der Waals surface area contributed by atoms with Crippen LogP contribution in [0.4, 0.5) is 10.1 Å². The summed E-state index contributed by atoms with van der Waals surface area (Å²) in [4.78, 5) is 14.0. The highest BCUT2D eigenvalue weighted by Crippen LogP contribution is 2.29. The molecule has 2 rings (SSSR count). The Morgan fingerprint density at radius 1 is 1.58 bits per heavy atom. The van der Waals surface area contributed by atoms with E-state index in [0.717, 1.165) is 16.9 Å². The van der Waals surface area contributed by atoms with E-state index in [1.807, 2.05) is 0 Å². The third-order valence-corrected chi connectivity index (χ3v) is 3.65. The van der Waals surface area contributed by atoms with Crippen molar-refractivity contribution in [3.63, 3.8) is 0 Å². The van der Waals surface area contributed by atoms with Crippen molar-refractivity contribution < 1.29 is 9.66 Å². The number of thiazole rings is 1. The molecule has 6 nitrogen and oxygen atoms in total. The fourth-order valence-electron chi connectivity index (χ4n) is 1.50. The summed E-state index contributed by atoms with van der Waals surface area (Å²) in [6, 6.07) is 5.34. The highest BCUT2D eigenvalue weighted by molar-refractivity contribution is 7.18. The molecule has 0 fully saturated rings. The summed E-state index contributed by atoms with van der Waals surface area (Å²) in [5.74, 6) is 0.658. The number of rotatable bonds is 5. The van der Waals surface area contributed by atoms with Crippen LogP contribution < -0.4 is 10.1 Å². The van der Waals surface area contributed by atoms with Crippen molar-refractivity contribution >= 4 is 33.1 Å². The quantitative estimate of drug-likeness (QED) is 0.677. The maximum Gasteiger partial charge on any atom is 0.345 e. The monoisotopic (exact) mass is 299 g/mol. The third kappa shape index (κ3) is 3.12. The molecule has 0 aliphatic rings. The van der Waals surface area contributed by atoms with Crippen LogP contribution in [0.3, 0.4) is 0 Å². The van der Waals surface area contributed by atoms with Gasteiger partial charge in [-0.15, -0.1) is 0 Å². The van der Waals surface area contributed by atoms with Gasteiger partial charge in [0.05, 0.1) is 12.0 Å². The topological polar surface area (TPSA) is 77.3 Å². The molecule has 0 atom stereocenters. The average Bonchev–Trinajstić information content (AvgIpc) is 2.86. The first-order valence-corrected chi connectivity index (χ1v) is 6.46. The summed E-state index contributed by atoms with van der Waals surface area (Å²) in [5, 5.41) is 14.6.